The van der Waals surface area contributed by atoms with Gasteiger partial charge in [-0.15, -0.1) is 0 Å². The van der Waals surface area contributed by atoms with Crippen LogP contribution < -0.4 is 10.6 Å². The van der Waals surface area contributed by atoms with Crippen molar-refractivity contribution in [3.63, 3.8) is 0 Å². The molecule has 1 saturated heterocycles. The molecule has 0 aromatic heterocycles. The largest absolute Gasteiger partial charge is 0.352 e. The highest BCUT2D eigenvalue weighted by molar-refractivity contribution is 6.09. The van der Waals surface area contributed by atoms with E-state index >= 15 is 0 Å². The van der Waals surface area contributed by atoms with Gasteiger partial charge in [-0.25, -0.2) is 4.79 Å². The van der Waals surface area contributed by atoms with E-state index in [2.05, 4.69) is 31.4 Å². The second kappa shape index (κ2) is 7.94. The maximum absolute atomic E-state index is 13.0. The number of amides is 4. The molecule has 6 heteroatoms. The fourth-order valence-corrected chi connectivity index (χ4v) is 4.57. The lowest BCUT2D eigenvalue weighted by atomic mass is 9.74. The number of carbonyl (C=O) groups is 3. The van der Waals surface area contributed by atoms with Crippen LogP contribution in [0, 0.1) is 17.8 Å². The summed E-state index contributed by atoms with van der Waals surface area (Å²) in [5, 5.41) is 5.85. The Morgan fingerprint density at radius 1 is 1.25 bits per heavy atom. The van der Waals surface area contributed by atoms with E-state index in [1.54, 1.807) is 19.1 Å². The van der Waals surface area contributed by atoms with Gasteiger partial charge in [0.15, 0.2) is 0 Å². The molecular formula is C22H31N3O3. The molecule has 1 aromatic carbocycles. The van der Waals surface area contributed by atoms with Gasteiger partial charge in [0.25, 0.3) is 5.91 Å². The number of hydrogen-bond acceptors (Lipinski definition) is 3. The Hall–Kier alpha value is -2.37. The van der Waals surface area contributed by atoms with Crippen molar-refractivity contribution in [1.29, 1.82) is 0 Å². The Kier molecular flexibility index (Phi) is 5.77. The Morgan fingerprint density at radius 3 is 2.57 bits per heavy atom. The smallest absolute Gasteiger partial charge is 0.325 e. The van der Waals surface area contributed by atoms with Crippen LogP contribution in [0.5, 0.6) is 0 Å². The summed E-state index contributed by atoms with van der Waals surface area (Å²) >= 11 is 0. The quantitative estimate of drug-likeness (QED) is 0.765. The minimum atomic E-state index is -1.14. The molecule has 0 spiro atoms. The van der Waals surface area contributed by atoms with Crippen molar-refractivity contribution >= 4 is 17.8 Å². The first kappa shape index (κ1) is 20.4. The van der Waals surface area contributed by atoms with Crippen LogP contribution in [0.2, 0.25) is 0 Å². The van der Waals surface area contributed by atoms with Crippen LogP contribution in [0.1, 0.15) is 52.5 Å². The first-order valence-electron chi connectivity index (χ1n) is 10.2. The number of carbonyl (C=O) groups excluding carboxylic acids is 3. The van der Waals surface area contributed by atoms with Crippen molar-refractivity contribution in [2.24, 2.45) is 17.8 Å². The van der Waals surface area contributed by atoms with Crippen LogP contribution in [0.15, 0.2) is 30.3 Å². The van der Waals surface area contributed by atoms with E-state index in [0.717, 1.165) is 17.7 Å². The molecule has 1 saturated carbocycles. The van der Waals surface area contributed by atoms with Crippen LogP contribution in [-0.2, 0) is 15.1 Å². The fourth-order valence-electron chi connectivity index (χ4n) is 4.57. The summed E-state index contributed by atoms with van der Waals surface area (Å²) in [7, 11) is 0. The molecule has 28 heavy (non-hydrogen) atoms. The third-order valence-corrected chi connectivity index (χ3v) is 6.30. The molecule has 3 rings (SSSR count). The number of nitrogens with zero attached hydrogens (tertiary/aromatic N) is 1. The van der Waals surface area contributed by atoms with E-state index in [-0.39, 0.29) is 18.5 Å². The first-order valence-corrected chi connectivity index (χ1v) is 10.2. The lowest BCUT2D eigenvalue weighted by molar-refractivity contribution is -0.135. The molecular weight excluding hydrogens is 354 g/mol. The topological polar surface area (TPSA) is 78.5 Å². The average Bonchev–Trinajstić information content (AvgIpc) is 2.86. The lowest BCUT2D eigenvalue weighted by Crippen LogP contribution is -2.50. The summed E-state index contributed by atoms with van der Waals surface area (Å²) in [6, 6.07) is 8.69. The highest BCUT2D eigenvalue weighted by Crippen LogP contribution is 2.33. The summed E-state index contributed by atoms with van der Waals surface area (Å²) < 4.78 is 0. The van der Waals surface area contributed by atoms with Gasteiger partial charge in [0, 0.05) is 6.04 Å². The van der Waals surface area contributed by atoms with Crippen LogP contribution >= 0.6 is 0 Å². The van der Waals surface area contributed by atoms with Crippen molar-refractivity contribution in [2.75, 3.05) is 6.54 Å². The summed E-state index contributed by atoms with van der Waals surface area (Å²) in [4.78, 5) is 39.1. The average molecular weight is 386 g/mol. The molecule has 4 unspecified atom stereocenters. The van der Waals surface area contributed by atoms with Gasteiger partial charge >= 0.3 is 6.03 Å². The molecule has 1 heterocycles. The van der Waals surface area contributed by atoms with E-state index in [1.807, 2.05) is 18.2 Å². The van der Waals surface area contributed by atoms with Crippen molar-refractivity contribution in [2.45, 2.75) is 58.5 Å². The second-order valence-electron chi connectivity index (χ2n) is 8.81. The lowest BCUT2D eigenvalue weighted by Gasteiger charge is -2.38. The fraction of sp³-hybridized carbons (Fsp3) is 0.591. The van der Waals surface area contributed by atoms with E-state index in [0.29, 0.717) is 23.3 Å². The Morgan fingerprint density at radius 2 is 1.93 bits per heavy atom. The van der Waals surface area contributed by atoms with E-state index in [4.69, 9.17) is 0 Å². The summed E-state index contributed by atoms with van der Waals surface area (Å²) in [6.07, 6.45) is 3.22. The third-order valence-electron chi connectivity index (χ3n) is 6.30. The number of hydrogen-bond donors (Lipinski definition) is 2. The predicted molar refractivity (Wildman–Crippen MR) is 107 cm³/mol. The van der Waals surface area contributed by atoms with Gasteiger partial charge in [-0.1, -0.05) is 57.5 Å². The van der Waals surface area contributed by atoms with E-state index < -0.39 is 17.5 Å². The minimum Gasteiger partial charge on any atom is -0.352 e. The van der Waals surface area contributed by atoms with Crippen LogP contribution in [-0.4, -0.2) is 35.3 Å². The molecule has 4 atom stereocenters. The van der Waals surface area contributed by atoms with E-state index in [9.17, 15) is 14.4 Å². The van der Waals surface area contributed by atoms with Gasteiger partial charge in [0.2, 0.25) is 5.91 Å². The highest BCUT2D eigenvalue weighted by atomic mass is 16.2. The van der Waals surface area contributed by atoms with Crippen LogP contribution in [0.25, 0.3) is 0 Å². The van der Waals surface area contributed by atoms with Gasteiger partial charge in [-0.3, -0.25) is 14.5 Å². The van der Waals surface area contributed by atoms with Crippen molar-refractivity contribution < 1.29 is 14.4 Å². The highest BCUT2D eigenvalue weighted by Gasteiger charge is 2.49. The molecule has 0 radical (unpaired) electrons. The molecule has 1 aliphatic heterocycles. The van der Waals surface area contributed by atoms with Gasteiger partial charge in [0.1, 0.15) is 12.1 Å². The standard InChI is InChI=1S/C22H31N3O3/c1-14(2)17-11-10-15(3)12-18(17)23-19(26)13-25-20(27)22(4,24-21(25)28)16-8-6-5-7-9-16/h5-9,14-15,17-18H,10-13H2,1-4H3,(H,23,26)(H,24,28). The maximum Gasteiger partial charge on any atom is 0.325 e. The number of nitrogens with one attached hydrogen (secondary N) is 2. The van der Waals surface area contributed by atoms with Crippen molar-refractivity contribution in [3.05, 3.63) is 35.9 Å². The monoisotopic (exact) mass is 385 g/mol. The zero-order chi connectivity index (χ0) is 20.5. The number of urea groups is 1. The van der Waals surface area contributed by atoms with E-state index in [1.165, 1.54) is 6.42 Å². The molecule has 1 aromatic rings. The zero-order valence-electron chi connectivity index (χ0n) is 17.2. The molecule has 4 amide bonds. The maximum atomic E-state index is 13.0. The van der Waals surface area contributed by atoms with Gasteiger partial charge in [0.05, 0.1) is 0 Å². The summed E-state index contributed by atoms with van der Waals surface area (Å²) in [5.74, 6) is 0.814. The Labute approximate surface area is 167 Å². The van der Waals surface area contributed by atoms with Gasteiger partial charge in [-0.2, -0.15) is 0 Å². The van der Waals surface area contributed by atoms with Crippen LogP contribution in [0.3, 0.4) is 0 Å². The molecule has 6 nitrogen and oxygen atoms in total. The predicted octanol–water partition coefficient (Wildman–Crippen LogP) is 3.03. The van der Waals surface area contributed by atoms with Gasteiger partial charge in [-0.05, 0) is 43.1 Å². The number of benzene rings is 1. The Balaban J connectivity index is 1.68. The molecule has 1 aliphatic carbocycles. The molecule has 152 valence electrons. The van der Waals surface area contributed by atoms with Crippen molar-refractivity contribution in [1.82, 2.24) is 15.5 Å². The normalized spacial score (nSPS) is 30.5. The summed E-state index contributed by atoms with van der Waals surface area (Å²) in [5.41, 5.74) is -0.435. The second-order valence-corrected chi connectivity index (χ2v) is 8.81. The molecule has 2 aliphatic rings. The third kappa shape index (κ3) is 3.91. The van der Waals surface area contributed by atoms with Crippen LogP contribution in [0.4, 0.5) is 4.79 Å². The summed E-state index contributed by atoms with van der Waals surface area (Å²) in [6.45, 7) is 8.00. The zero-order valence-corrected chi connectivity index (χ0v) is 17.2. The minimum absolute atomic E-state index is 0.0949. The molecule has 2 N–H and O–H groups in total. The van der Waals surface area contributed by atoms with Crippen molar-refractivity contribution in [3.8, 4) is 0 Å². The number of rotatable bonds is 5. The molecule has 2 fully saturated rings. The SMILES string of the molecule is CC1CCC(C(C)C)C(NC(=O)CN2C(=O)NC(C)(c3ccccc3)C2=O)C1. The first-order chi connectivity index (χ1) is 13.2. The molecule has 0 bridgehead atoms. The van der Waals surface area contributed by atoms with Gasteiger partial charge < -0.3 is 10.6 Å². The number of imide groups is 1. The Bertz CT molecular complexity index is 749.